The minimum atomic E-state index is -1.12. The fourth-order valence-corrected chi connectivity index (χ4v) is 3.31. The Labute approximate surface area is 118 Å². The molecule has 2 aromatic rings. The van der Waals surface area contributed by atoms with E-state index in [9.17, 15) is 14.0 Å². The van der Waals surface area contributed by atoms with Crippen molar-refractivity contribution in [2.24, 2.45) is 0 Å². The molecule has 1 spiro atoms. The van der Waals surface area contributed by atoms with E-state index in [2.05, 4.69) is 15.5 Å². The molecule has 1 aromatic carbocycles. The third-order valence-electron chi connectivity index (χ3n) is 4.24. The molecule has 7 heteroatoms. The number of fused-ring (bicyclic) bond motifs is 4. The number of aromatic amines is 1. The highest BCUT2D eigenvalue weighted by molar-refractivity contribution is 6.15. The number of carbonyl (C=O) groups is 2. The summed E-state index contributed by atoms with van der Waals surface area (Å²) in [6.07, 6.45) is 1.53. The van der Waals surface area contributed by atoms with E-state index in [1.54, 1.807) is 19.3 Å². The summed E-state index contributed by atoms with van der Waals surface area (Å²) in [6, 6.07) is 4.19. The van der Waals surface area contributed by atoms with Crippen molar-refractivity contribution < 1.29 is 14.0 Å². The summed E-state index contributed by atoms with van der Waals surface area (Å²) in [5.74, 6) is -0.519. The molecule has 3 heterocycles. The first-order valence-electron chi connectivity index (χ1n) is 6.46. The molecule has 6 nitrogen and oxygen atoms in total. The first-order valence-corrected chi connectivity index (χ1v) is 6.46. The number of rotatable bonds is 0. The zero-order valence-corrected chi connectivity index (χ0v) is 11.1. The van der Waals surface area contributed by atoms with Gasteiger partial charge in [0.15, 0.2) is 0 Å². The number of carbonyl (C=O) groups excluding carboxylic acids is 2. The van der Waals surface area contributed by atoms with E-state index >= 15 is 0 Å². The fraction of sp³-hybridized carbons (Fsp3) is 0.214. The van der Waals surface area contributed by atoms with E-state index < -0.39 is 11.2 Å². The molecule has 2 N–H and O–H groups in total. The normalized spacial score (nSPS) is 23.2. The van der Waals surface area contributed by atoms with Crippen LogP contribution in [0.1, 0.15) is 17.5 Å². The molecule has 0 fully saturated rings. The Morgan fingerprint density at radius 2 is 2.14 bits per heavy atom. The van der Waals surface area contributed by atoms with Gasteiger partial charge in [0.1, 0.15) is 17.1 Å². The minimum absolute atomic E-state index is 0.0126. The van der Waals surface area contributed by atoms with Gasteiger partial charge in [-0.2, -0.15) is 5.10 Å². The minimum Gasteiger partial charge on any atom is -0.314 e. The maximum absolute atomic E-state index is 13.5. The van der Waals surface area contributed by atoms with Crippen molar-refractivity contribution in [2.45, 2.75) is 11.8 Å². The molecule has 0 saturated heterocycles. The van der Waals surface area contributed by atoms with Crippen molar-refractivity contribution in [3.63, 3.8) is 0 Å². The molecule has 2 amide bonds. The smallest absolute Gasteiger partial charge is 0.242 e. The second-order valence-electron chi connectivity index (χ2n) is 5.31. The van der Waals surface area contributed by atoms with Gasteiger partial charge in [-0.1, -0.05) is 6.07 Å². The molecule has 1 atom stereocenters. The van der Waals surface area contributed by atoms with Crippen LogP contribution in [0.3, 0.4) is 0 Å². The second-order valence-corrected chi connectivity index (χ2v) is 5.31. The van der Waals surface area contributed by atoms with E-state index in [1.165, 1.54) is 17.0 Å². The lowest BCUT2D eigenvalue weighted by Crippen LogP contribution is -2.45. The molecule has 106 valence electrons. The molecule has 1 aromatic heterocycles. The van der Waals surface area contributed by atoms with Crippen molar-refractivity contribution in [1.29, 1.82) is 0 Å². The SMILES string of the molecule is CN1C(=O)C2(CC(=O)Nc3[nH]ncc32)c2ccc(F)cc21. The molecule has 0 radical (unpaired) electrons. The number of anilines is 2. The number of hydrogen-bond acceptors (Lipinski definition) is 3. The highest BCUT2D eigenvalue weighted by Gasteiger charge is 2.55. The van der Waals surface area contributed by atoms with Crippen LogP contribution < -0.4 is 10.2 Å². The van der Waals surface area contributed by atoms with Crippen LogP contribution in [-0.2, 0) is 15.0 Å². The number of halogens is 1. The Bertz CT molecular complexity index is 800. The highest BCUT2D eigenvalue weighted by atomic mass is 19.1. The number of benzene rings is 1. The number of nitrogens with zero attached hydrogens (tertiary/aromatic N) is 2. The van der Waals surface area contributed by atoms with Gasteiger partial charge in [-0.3, -0.25) is 14.7 Å². The third-order valence-corrected chi connectivity index (χ3v) is 4.24. The van der Waals surface area contributed by atoms with Crippen molar-refractivity contribution in [1.82, 2.24) is 10.2 Å². The summed E-state index contributed by atoms with van der Waals surface area (Å²) in [5.41, 5.74) is 0.614. The van der Waals surface area contributed by atoms with Crippen molar-refractivity contribution in [2.75, 3.05) is 17.3 Å². The van der Waals surface area contributed by atoms with Crippen LogP contribution in [0, 0.1) is 5.82 Å². The van der Waals surface area contributed by atoms with Crippen LogP contribution >= 0.6 is 0 Å². The van der Waals surface area contributed by atoms with Gasteiger partial charge in [0.25, 0.3) is 0 Å². The van der Waals surface area contributed by atoms with Gasteiger partial charge in [-0.15, -0.1) is 0 Å². The standard InChI is InChI=1S/C14H11FN4O2/c1-19-10-4-7(15)2-3-8(10)14(13(19)21)5-11(20)17-12-9(14)6-16-18-12/h2-4,6H,5H2,1H3,(H2,16,17,18,20). The van der Waals surface area contributed by atoms with Gasteiger partial charge in [0.2, 0.25) is 11.8 Å². The summed E-state index contributed by atoms with van der Waals surface area (Å²) >= 11 is 0. The first-order chi connectivity index (χ1) is 10.0. The molecule has 0 aliphatic carbocycles. The van der Waals surface area contributed by atoms with Crippen LogP contribution in [0.2, 0.25) is 0 Å². The monoisotopic (exact) mass is 286 g/mol. The molecule has 21 heavy (non-hydrogen) atoms. The largest absolute Gasteiger partial charge is 0.314 e. The molecule has 2 aliphatic rings. The second kappa shape index (κ2) is 3.69. The van der Waals surface area contributed by atoms with Crippen LogP contribution in [-0.4, -0.2) is 29.1 Å². The quantitative estimate of drug-likeness (QED) is 0.762. The maximum atomic E-state index is 13.5. The lowest BCUT2D eigenvalue weighted by molar-refractivity contribution is -0.126. The summed E-state index contributed by atoms with van der Waals surface area (Å²) in [6.45, 7) is 0. The van der Waals surface area contributed by atoms with Crippen LogP contribution in [0.15, 0.2) is 24.4 Å². The average Bonchev–Trinajstić information content (AvgIpc) is 2.99. The Hall–Kier alpha value is -2.70. The number of aromatic nitrogens is 2. The summed E-state index contributed by atoms with van der Waals surface area (Å²) in [4.78, 5) is 26.2. The van der Waals surface area contributed by atoms with Crippen LogP contribution in [0.5, 0.6) is 0 Å². The molecule has 4 rings (SSSR count). The Kier molecular flexibility index (Phi) is 2.12. The lowest BCUT2D eigenvalue weighted by atomic mass is 9.72. The number of H-pyrrole nitrogens is 1. The molecule has 0 saturated carbocycles. The Balaban J connectivity index is 2.06. The number of nitrogens with one attached hydrogen (secondary N) is 2. The Morgan fingerprint density at radius 1 is 1.33 bits per heavy atom. The van der Waals surface area contributed by atoms with Gasteiger partial charge in [0, 0.05) is 19.0 Å². The Morgan fingerprint density at radius 3 is 2.95 bits per heavy atom. The van der Waals surface area contributed by atoms with Gasteiger partial charge in [-0.05, 0) is 17.7 Å². The van der Waals surface area contributed by atoms with E-state index in [-0.39, 0.29) is 18.2 Å². The summed E-state index contributed by atoms with van der Waals surface area (Å²) in [7, 11) is 1.58. The predicted molar refractivity (Wildman–Crippen MR) is 72.4 cm³/mol. The average molecular weight is 286 g/mol. The van der Waals surface area contributed by atoms with E-state index in [0.29, 0.717) is 22.6 Å². The summed E-state index contributed by atoms with van der Waals surface area (Å²) in [5, 5.41) is 9.28. The van der Waals surface area contributed by atoms with E-state index in [4.69, 9.17) is 0 Å². The predicted octanol–water partition coefficient (Wildman–Crippen LogP) is 1.15. The van der Waals surface area contributed by atoms with Crippen LogP contribution in [0.4, 0.5) is 15.9 Å². The zero-order valence-electron chi connectivity index (χ0n) is 11.1. The van der Waals surface area contributed by atoms with Crippen molar-refractivity contribution >= 4 is 23.3 Å². The third kappa shape index (κ3) is 1.32. The molecule has 1 unspecified atom stereocenters. The molecule has 2 aliphatic heterocycles. The fourth-order valence-electron chi connectivity index (χ4n) is 3.31. The van der Waals surface area contributed by atoms with E-state index in [1.807, 2.05) is 0 Å². The zero-order chi connectivity index (χ0) is 14.8. The summed E-state index contributed by atoms with van der Waals surface area (Å²) < 4.78 is 13.5. The van der Waals surface area contributed by atoms with Gasteiger partial charge in [-0.25, -0.2) is 4.39 Å². The van der Waals surface area contributed by atoms with Gasteiger partial charge < -0.3 is 10.2 Å². The molecule has 0 bridgehead atoms. The van der Waals surface area contributed by atoms with Crippen LogP contribution in [0.25, 0.3) is 0 Å². The number of amides is 2. The number of hydrogen-bond donors (Lipinski definition) is 2. The van der Waals surface area contributed by atoms with E-state index in [0.717, 1.165) is 0 Å². The van der Waals surface area contributed by atoms with Crippen molar-refractivity contribution in [3.8, 4) is 0 Å². The molecular weight excluding hydrogens is 275 g/mol. The maximum Gasteiger partial charge on any atom is 0.242 e. The molecular formula is C14H11FN4O2. The number of likely N-dealkylation sites (N-methyl/N-ethyl adjacent to an activating group) is 1. The van der Waals surface area contributed by atoms with Crippen molar-refractivity contribution in [3.05, 3.63) is 41.3 Å². The first kappa shape index (κ1) is 12.1. The van der Waals surface area contributed by atoms with Gasteiger partial charge >= 0.3 is 0 Å². The van der Waals surface area contributed by atoms with Gasteiger partial charge in [0.05, 0.1) is 11.9 Å². The highest BCUT2D eigenvalue weighted by Crippen LogP contribution is 2.51. The topological polar surface area (TPSA) is 78.1 Å². The lowest BCUT2D eigenvalue weighted by Gasteiger charge is -2.31.